The van der Waals surface area contributed by atoms with Crippen molar-refractivity contribution in [3.05, 3.63) is 24.3 Å². The van der Waals surface area contributed by atoms with Crippen molar-refractivity contribution in [1.29, 1.82) is 5.41 Å². The molecule has 5 nitrogen and oxygen atoms in total. The van der Waals surface area contributed by atoms with Gasteiger partial charge in [-0.1, -0.05) is 31.2 Å². The third kappa shape index (κ3) is 4.77. The second-order valence-electron chi connectivity index (χ2n) is 6.10. The Labute approximate surface area is 114 Å². The molecule has 106 valence electrons. The molecule has 0 heterocycles. The molecule has 1 unspecified atom stereocenters. The Kier molecular flexibility index (Phi) is 4.39. The lowest BCUT2D eigenvalue weighted by atomic mass is 9.83. The fourth-order valence-electron chi connectivity index (χ4n) is 1.82. The summed E-state index contributed by atoms with van der Waals surface area (Å²) in [5, 5.41) is 7.56. The number of allylic oxidation sites excluding steroid dienone is 3. The van der Waals surface area contributed by atoms with Crippen LogP contribution in [0, 0.1) is 10.8 Å². The zero-order valence-corrected chi connectivity index (χ0v) is 12.1. The molecule has 1 atom stereocenters. The first-order valence-electron chi connectivity index (χ1n) is 6.32. The van der Waals surface area contributed by atoms with Crippen molar-refractivity contribution in [2.75, 3.05) is 6.54 Å². The van der Waals surface area contributed by atoms with E-state index in [0.717, 1.165) is 6.42 Å². The lowest BCUT2D eigenvalue weighted by Crippen LogP contribution is -2.48. The number of carbonyl (C=O) groups excluding carboxylic acids is 1. The molecular formula is C14H23N3O2. The van der Waals surface area contributed by atoms with E-state index in [1.807, 2.05) is 31.2 Å². The molecule has 0 fully saturated rings. The van der Waals surface area contributed by atoms with Crippen molar-refractivity contribution in [1.82, 2.24) is 4.90 Å². The number of nitrogens with one attached hydrogen (secondary N) is 1. The van der Waals surface area contributed by atoms with Crippen LogP contribution in [0.1, 0.15) is 34.1 Å². The minimum Gasteiger partial charge on any atom is -0.443 e. The van der Waals surface area contributed by atoms with Crippen LogP contribution in [-0.2, 0) is 4.74 Å². The van der Waals surface area contributed by atoms with Crippen molar-refractivity contribution in [3.8, 4) is 0 Å². The highest BCUT2D eigenvalue weighted by molar-refractivity contribution is 5.91. The molecule has 0 spiro atoms. The molecular weight excluding hydrogens is 242 g/mol. The maximum atomic E-state index is 12.1. The van der Waals surface area contributed by atoms with E-state index in [4.69, 9.17) is 15.9 Å². The molecule has 0 radical (unpaired) electrons. The highest BCUT2D eigenvalue weighted by Crippen LogP contribution is 2.28. The van der Waals surface area contributed by atoms with Gasteiger partial charge in [-0.15, -0.1) is 0 Å². The van der Waals surface area contributed by atoms with Gasteiger partial charge < -0.3 is 10.5 Å². The van der Waals surface area contributed by atoms with Gasteiger partial charge in [0.2, 0.25) is 0 Å². The lowest BCUT2D eigenvalue weighted by molar-refractivity contribution is 0.0329. The number of nitrogens with zero attached hydrogens (tertiary/aromatic N) is 1. The second kappa shape index (κ2) is 5.47. The molecule has 0 bridgehead atoms. The summed E-state index contributed by atoms with van der Waals surface area (Å²) < 4.78 is 5.27. The molecule has 5 heteroatoms. The van der Waals surface area contributed by atoms with Crippen LogP contribution in [-0.4, -0.2) is 29.1 Å². The summed E-state index contributed by atoms with van der Waals surface area (Å²) in [6.45, 7) is 7.71. The van der Waals surface area contributed by atoms with Crippen molar-refractivity contribution >= 4 is 12.1 Å². The van der Waals surface area contributed by atoms with Crippen LogP contribution in [0.15, 0.2) is 24.3 Å². The molecule has 0 aromatic carbocycles. The van der Waals surface area contributed by atoms with E-state index in [1.165, 1.54) is 4.90 Å². The molecule has 19 heavy (non-hydrogen) atoms. The first-order chi connectivity index (χ1) is 8.63. The summed E-state index contributed by atoms with van der Waals surface area (Å²) in [6.07, 6.45) is 8.19. The predicted molar refractivity (Wildman–Crippen MR) is 75.9 cm³/mol. The van der Waals surface area contributed by atoms with Crippen LogP contribution in [0.25, 0.3) is 0 Å². The minimum absolute atomic E-state index is 0.225. The number of amides is 1. The predicted octanol–water partition coefficient (Wildman–Crippen LogP) is 2.64. The number of carbonyl (C=O) groups is 1. The standard InChI is InChI=1S/C14H23N3O2/c1-13(2,3)19-12(18)17(11(15)16)10-14(4)8-6-5-7-9-14/h5-8H,9-10H2,1-4H3,(H3,15,16). The average Bonchev–Trinajstić information content (AvgIpc) is 2.24. The Hall–Kier alpha value is -1.78. The van der Waals surface area contributed by atoms with Gasteiger partial charge in [0.1, 0.15) is 5.60 Å². The molecule has 1 aliphatic carbocycles. The molecule has 1 rings (SSSR count). The maximum absolute atomic E-state index is 12.1. The molecule has 0 aliphatic heterocycles. The van der Waals surface area contributed by atoms with Gasteiger partial charge in [0.15, 0.2) is 5.96 Å². The van der Waals surface area contributed by atoms with Crippen molar-refractivity contribution < 1.29 is 9.53 Å². The van der Waals surface area contributed by atoms with E-state index >= 15 is 0 Å². The molecule has 0 saturated carbocycles. The van der Waals surface area contributed by atoms with E-state index in [-0.39, 0.29) is 11.4 Å². The Morgan fingerprint density at radius 1 is 1.47 bits per heavy atom. The lowest BCUT2D eigenvalue weighted by Gasteiger charge is -2.33. The third-order valence-corrected chi connectivity index (χ3v) is 2.75. The summed E-state index contributed by atoms with van der Waals surface area (Å²) in [7, 11) is 0. The Bertz CT molecular complexity index is 421. The Morgan fingerprint density at radius 2 is 2.11 bits per heavy atom. The number of rotatable bonds is 2. The molecule has 1 amide bonds. The Balaban J connectivity index is 2.79. The van der Waals surface area contributed by atoms with Crippen LogP contribution in [0.5, 0.6) is 0 Å². The van der Waals surface area contributed by atoms with E-state index in [0.29, 0.717) is 6.54 Å². The van der Waals surface area contributed by atoms with E-state index in [9.17, 15) is 4.79 Å². The molecule has 0 aromatic heterocycles. The summed E-state index contributed by atoms with van der Waals surface area (Å²) in [6, 6.07) is 0. The molecule has 3 N–H and O–H groups in total. The molecule has 1 aliphatic rings. The van der Waals surface area contributed by atoms with E-state index < -0.39 is 11.7 Å². The number of ether oxygens (including phenoxy) is 1. The number of hydrogen-bond donors (Lipinski definition) is 2. The summed E-state index contributed by atoms with van der Waals surface area (Å²) in [5.74, 6) is -0.293. The highest BCUT2D eigenvalue weighted by atomic mass is 16.6. The number of guanidine groups is 1. The van der Waals surface area contributed by atoms with Crippen molar-refractivity contribution in [3.63, 3.8) is 0 Å². The zero-order chi connectivity index (χ0) is 14.7. The quantitative estimate of drug-likeness (QED) is 0.595. The first kappa shape index (κ1) is 15.3. The van der Waals surface area contributed by atoms with Crippen LogP contribution in [0.4, 0.5) is 4.79 Å². The normalized spacial score (nSPS) is 22.1. The summed E-state index contributed by atoms with van der Waals surface area (Å²) in [4.78, 5) is 13.2. The van der Waals surface area contributed by atoms with Gasteiger partial charge in [-0.25, -0.2) is 9.69 Å². The second-order valence-corrected chi connectivity index (χ2v) is 6.10. The largest absolute Gasteiger partial charge is 0.443 e. The average molecular weight is 265 g/mol. The van der Waals surface area contributed by atoms with Crippen molar-refractivity contribution in [2.24, 2.45) is 11.1 Å². The summed E-state index contributed by atoms with van der Waals surface area (Å²) >= 11 is 0. The summed E-state index contributed by atoms with van der Waals surface area (Å²) in [5.41, 5.74) is 4.67. The molecule has 0 aromatic rings. The van der Waals surface area contributed by atoms with Gasteiger partial charge in [-0.3, -0.25) is 5.41 Å². The monoisotopic (exact) mass is 265 g/mol. The van der Waals surface area contributed by atoms with Crippen LogP contribution in [0.3, 0.4) is 0 Å². The Morgan fingerprint density at radius 3 is 2.53 bits per heavy atom. The third-order valence-electron chi connectivity index (χ3n) is 2.75. The van der Waals surface area contributed by atoms with Gasteiger partial charge in [0, 0.05) is 12.0 Å². The van der Waals surface area contributed by atoms with Crippen molar-refractivity contribution in [2.45, 2.75) is 39.7 Å². The zero-order valence-electron chi connectivity index (χ0n) is 12.1. The van der Waals surface area contributed by atoms with Gasteiger partial charge in [0.25, 0.3) is 0 Å². The van der Waals surface area contributed by atoms with Gasteiger partial charge in [-0.05, 0) is 27.2 Å². The van der Waals surface area contributed by atoms with Crippen LogP contribution < -0.4 is 5.73 Å². The van der Waals surface area contributed by atoms with E-state index in [1.54, 1.807) is 20.8 Å². The minimum atomic E-state index is -0.603. The highest BCUT2D eigenvalue weighted by Gasteiger charge is 2.31. The van der Waals surface area contributed by atoms with Crippen LogP contribution in [0.2, 0.25) is 0 Å². The SMILES string of the molecule is CC1(CN(C(=N)N)C(=O)OC(C)(C)C)C=CC=CC1. The topological polar surface area (TPSA) is 79.4 Å². The van der Waals surface area contributed by atoms with Gasteiger partial charge in [-0.2, -0.15) is 0 Å². The number of nitrogens with two attached hydrogens (primary N) is 1. The van der Waals surface area contributed by atoms with Gasteiger partial charge in [0.05, 0.1) is 0 Å². The van der Waals surface area contributed by atoms with E-state index in [2.05, 4.69) is 0 Å². The smallest absolute Gasteiger partial charge is 0.417 e. The fraction of sp³-hybridized carbons (Fsp3) is 0.571. The van der Waals surface area contributed by atoms with Crippen LogP contribution >= 0.6 is 0 Å². The fourth-order valence-corrected chi connectivity index (χ4v) is 1.82. The number of hydrogen-bond acceptors (Lipinski definition) is 3. The first-order valence-corrected chi connectivity index (χ1v) is 6.32. The van der Waals surface area contributed by atoms with Gasteiger partial charge >= 0.3 is 6.09 Å². The maximum Gasteiger partial charge on any atom is 0.417 e. The molecule has 0 saturated heterocycles.